The minimum atomic E-state index is -0.122. The fourth-order valence-electron chi connectivity index (χ4n) is 4.40. The highest BCUT2D eigenvalue weighted by atomic mass is 16.2. The molecule has 3 saturated heterocycles. The molecule has 5 rings (SSSR count). The van der Waals surface area contributed by atoms with E-state index in [1.54, 1.807) is 6.20 Å². The molecule has 29 heavy (non-hydrogen) atoms. The fraction of sp³-hybridized carbons (Fsp3) is 0.500. The van der Waals surface area contributed by atoms with Crippen molar-refractivity contribution < 1.29 is 9.59 Å². The van der Waals surface area contributed by atoms with Gasteiger partial charge in [-0.05, 0) is 32.6 Å². The lowest BCUT2D eigenvalue weighted by Gasteiger charge is -2.36. The van der Waals surface area contributed by atoms with Gasteiger partial charge in [0, 0.05) is 55.0 Å². The van der Waals surface area contributed by atoms with Gasteiger partial charge in [-0.15, -0.1) is 0 Å². The van der Waals surface area contributed by atoms with E-state index in [2.05, 4.69) is 19.9 Å². The van der Waals surface area contributed by atoms with Crippen LogP contribution < -0.4 is 5.73 Å². The average molecular weight is 395 g/mol. The number of amides is 2. The highest BCUT2D eigenvalue weighted by molar-refractivity contribution is 5.92. The second-order valence-corrected chi connectivity index (χ2v) is 7.85. The minimum Gasteiger partial charge on any atom is -0.368 e. The van der Waals surface area contributed by atoms with Crippen molar-refractivity contribution in [1.82, 2.24) is 29.7 Å². The number of aromatic nitrogens is 4. The molecular formula is C20H25N7O2. The number of nitrogens with two attached hydrogens (primary N) is 1. The molecule has 2 N–H and O–H groups in total. The second-order valence-electron chi connectivity index (χ2n) is 7.85. The molecule has 0 unspecified atom stereocenters. The van der Waals surface area contributed by atoms with E-state index < -0.39 is 0 Å². The molecule has 0 radical (unpaired) electrons. The van der Waals surface area contributed by atoms with Crippen LogP contribution in [0.1, 0.15) is 40.3 Å². The first kappa shape index (κ1) is 19.2. The van der Waals surface area contributed by atoms with Crippen molar-refractivity contribution in [2.24, 2.45) is 5.92 Å². The molecule has 3 fully saturated rings. The zero-order valence-corrected chi connectivity index (χ0v) is 16.7. The average Bonchev–Trinajstić information content (AvgIpc) is 3.02. The Kier molecular flexibility index (Phi) is 5.12. The predicted octanol–water partition coefficient (Wildman–Crippen LogP) is 0.771. The molecule has 3 aliphatic heterocycles. The van der Waals surface area contributed by atoms with Crippen LogP contribution in [-0.4, -0.2) is 67.2 Å². The highest BCUT2D eigenvalue weighted by Crippen LogP contribution is 2.29. The van der Waals surface area contributed by atoms with Gasteiger partial charge in [-0.2, -0.15) is 0 Å². The zero-order chi connectivity index (χ0) is 20.5. The highest BCUT2D eigenvalue weighted by Gasteiger charge is 2.39. The number of carbonyl (C=O) groups excluding carboxylic acids is 2. The zero-order valence-electron chi connectivity index (χ0n) is 16.7. The van der Waals surface area contributed by atoms with Crippen LogP contribution in [0.4, 0.5) is 5.95 Å². The number of nitrogen functional groups attached to an aromatic ring is 1. The fourth-order valence-corrected chi connectivity index (χ4v) is 4.40. The van der Waals surface area contributed by atoms with Crippen molar-refractivity contribution in [2.75, 3.05) is 25.4 Å². The van der Waals surface area contributed by atoms with Gasteiger partial charge in [-0.1, -0.05) is 0 Å². The summed E-state index contributed by atoms with van der Waals surface area (Å²) in [6.07, 6.45) is 6.73. The summed E-state index contributed by atoms with van der Waals surface area (Å²) in [7, 11) is 0. The lowest BCUT2D eigenvalue weighted by Crippen LogP contribution is -2.48. The van der Waals surface area contributed by atoms with Crippen LogP contribution in [0.15, 0.2) is 18.6 Å². The number of anilines is 1. The van der Waals surface area contributed by atoms with E-state index in [-0.39, 0.29) is 36.1 Å². The predicted molar refractivity (Wildman–Crippen MR) is 106 cm³/mol. The summed E-state index contributed by atoms with van der Waals surface area (Å²) in [4.78, 5) is 46.3. The monoisotopic (exact) mass is 395 g/mol. The van der Waals surface area contributed by atoms with Crippen molar-refractivity contribution in [1.29, 1.82) is 0 Å². The Morgan fingerprint density at radius 3 is 2.55 bits per heavy atom. The third-order valence-corrected chi connectivity index (χ3v) is 5.87. The lowest BCUT2D eigenvalue weighted by molar-refractivity contribution is -0.134. The summed E-state index contributed by atoms with van der Waals surface area (Å²) in [5.41, 5.74) is 8.35. The molecule has 0 spiro atoms. The molecule has 2 amide bonds. The van der Waals surface area contributed by atoms with E-state index in [9.17, 15) is 9.59 Å². The third-order valence-electron chi connectivity index (χ3n) is 5.87. The number of hydrogen-bond donors (Lipinski definition) is 1. The Hall–Kier alpha value is -3.10. The van der Waals surface area contributed by atoms with Crippen molar-refractivity contribution in [3.63, 3.8) is 0 Å². The number of carbonyl (C=O) groups is 2. The van der Waals surface area contributed by atoms with Crippen molar-refractivity contribution in [3.8, 4) is 0 Å². The van der Waals surface area contributed by atoms with Crippen molar-refractivity contribution >= 4 is 17.8 Å². The summed E-state index contributed by atoms with van der Waals surface area (Å²) in [6.45, 7) is 5.53. The van der Waals surface area contributed by atoms with Gasteiger partial charge in [0.25, 0.3) is 5.91 Å². The standard InChI is InChI=1S/C20H25N7O2/c1-12-16(13(2)25-20(21)24-12)7-18(28)27-10-14-3-4-15(27)11-26(9-14)19(29)17-8-22-5-6-23-17/h5-6,8,14-15H,3-4,7,9-11H2,1-2H3,(H2,21,24,25)/t14-,15+/m0/s1. The number of hydrogen-bond acceptors (Lipinski definition) is 7. The SMILES string of the molecule is Cc1nc(N)nc(C)c1CC(=O)N1C[C@H]2CC[C@@H]1CN(C(=O)c1cnccn1)C2. The number of nitrogens with zero attached hydrogens (tertiary/aromatic N) is 6. The molecule has 0 saturated carbocycles. The number of fused-ring (bicyclic) bond motifs is 4. The maximum Gasteiger partial charge on any atom is 0.274 e. The van der Waals surface area contributed by atoms with Crippen LogP contribution in [0.2, 0.25) is 0 Å². The van der Waals surface area contributed by atoms with Crippen LogP contribution in [0.3, 0.4) is 0 Å². The van der Waals surface area contributed by atoms with Gasteiger partial charge in [0.15, 0.2) is 0 Å². The lowest BCUT2D eigenvalue weighted by atomic mass is 9.94. The first-order valence-corrected chi connectivity index (χ1v) is 9.86. The molecule has 2 atom stereocenters. The molecule has 0 aromatic carbocycles. The van der Waals surface area contributed by atoms with E-state index in [0.29, 0.717) is 25.3 Å². The smallest absolute Gasteiger partial charge is 0.274 e. The molecule has 3 aliphatic rings. The quantitative estimate of drug-likeness (QED) is 0.815. The van der Waals surface area contributed by atoms with Crippen molar-refractivity contribution in [2.45, 2.75) is 39.2 Å². The number of piperidine rings is 1. The number of rotatable bonds is 3. The largest absolute Gasteiger partial charge is 0.368 e. The van der Waals surface area contributed by atoms with Gasteiger partial charge >= 0.3 is 0 Å². The van der Waals surface area contributed by atoms with Crippen LogP contribution >= 0.6 is 0 Å². The Morgan fingerprint density at radius 1 is 1.10 bits per heavy atom. The molecule has 2 bridgehead atoms. The van der Waals surface area contributed by atoms with Gasteiger partial charge in [0.2, 0.25) is 11.9 Å². The summed E-state index contributed by atoms with van der Waals surface area (Å²) >= 11 is 0. The molecule has 2 aromatic heterocycles. The molecule has 5 heterocycles. The normalized spacial score (nSPS) is 21.2. The molecule has 2 aromatic rings. The number of aryl methyl sites for hydroxylation is 2. The van der Waals surface area contributed by atoms with Crippen LogP contribution in [0.5, 0.6) is 0 Å². The molecule has 0 aliphatic carbocycles. The van der Waals surface area contributed by atoms with Gasteiger partial charge in [0.05, 0.1) is 12.6 Å². The Bertz CT molecular complexity index is 911. The van der Waals surface area contributed by atoms with E-state index in [1.165, 1.54) is 12.4 Å². The minimum absolute atomic E-state index is 0.0113. The van der Waals surface area contributed by atoms with Gasteiger partial charge < -0.3 is 15.5 Å². The molecule has 9 heteroatoms. The Labute approximate surface area is 169 Å². The second kappa shape index (κ2) is 7.73. The summed E-state index contributed by atoms with van der Waals surface area (Å²) < 4.78 is 0. The topological polar surface area (TPSA) is 118 Å². The molecule has 152 valence electrons. The maximum atomic E-state index is 13.2. The van der Waals surface area contributed by atoms with E-state index in [4.69, 9.17) is 5.73 Å². The van der Waals surface area contributed by atoms with Gasteiger partial charge in [-0.3, -0.25) is 14.6 Å². The van der Waals surface area contributed by atoms with E-state index in [1.807, 2.05) is 23.6 Å². The van der Waals surface area contributed by atoms with Gasteiger partial charge in [0.1, 0.15) is 5.69 Å². The summed E-state index contributed by atoms with van der Waals surface area (Å²) in [5.74, 6) is 0.419. The first-order valence-electron chi connectivity index (χ1n) is 9.86. The van der Waals surface area contributed by atoms with E-state index >= 15 is 0 Å². The van der Waals surface area contributed by atoms with Crippen molar-refractivity contribution in [3.05, 3.63) is 41.2 Å². The maximum absolute atomic E-state index is 13.2. The van der Waals surface area contributed by atoms with Crippen LogP contribution in [-0.2, 0) is 11.2 Å². The first-order chi connectivity index (χ1) is 13.9. The van der Waals surface area contributed by atoms with E-state index in [0.717, 1.165) is 29.8 Å². The molecule has 9 nitrogen and oxygen atoms in total. The van der Waals surface area contributed by atoms with Gasteiger partial charge in [-0.25, -0.2) is 15.0 Å². The summed E-state index contributed by atoms with van der Waals surface area (Å²) in [5, 5.41) is 0. The Morgan fingerprint density at radius 2 is 1.86 bits per heavy atom. The molecular weight excluding hydrogens is 370 g/mol. The summed E-state index contributed by atoms with van der Waals surface area (Å²) in [6, 6.07) is 0.0113. The van der Waals surface area contributed by atoms with Crippen LogP contribution in [0.25, 0.3) is 0 Å². The third kappa shape index (κ3) is 3.90. The van der Waals surface area contributed by atoms with Crippen LogP contribution in [0, 0.1) is 19.8 Å². The Balaban J connectivity index is 1.51.